The second-order valence-electron chi connectivity index (χ2n) is 10.1. The second-order valence-corrected chi connectivity index (χ2v) is 10.1. The van der Waals surface area contributed by atoms with Crippen LogP contribution in [0.25, 0.3) is 0 Å². The minimum atomic E-state index is -0.603. The third-order valence-electron chi connectivity index (χ3n) is 8.06. The second kappa shape index (κ2) is 10.4. The van der Waals surface area contributed by atoms with Gasteiger partial charge in [-0.05, 0) is 53.6 Å². The van der Waals surface area contributed by atoms with Crippen LogP contribution in [0.4, 0.5) is 5.69 Å². The molecule has 6 rings (SSSR count). The number of anilines is 1. The van der Waals surface area contributed by atoms with E-state index in [0.29, 0.717) is 61.9 Å². The van der Waals surface area contributed by atoms with E-state index in [1.54, 1.807) is 19.1 Å². The zero-order chi connectivity index (χ0) is 27.0. The Labute approximate surface area is 228 Å². The van der Waals surface area contributed by atoms with E-state index in [4.69, 9.17) is 18.9 Å². The fraction of sp³-hybridized carbons (Fsp3) is 0.355. The molecule has 1 spiro atoms. The smallest absolute Gasteiger partial charge is 0.259 e. The van der Waals surface area contributed by atoms with Gasteiger partial charge in [-0.1, -0.05) is 30.3 Å². The number of carbonyl (C=O) groups is 2. The van der Waals surface area contributed by atoms with Crippen LogP contribution in [0, 0.1) is 0 Å². The Bertz CT molecular complexity index is 1340. The standard InChI is InChI=1S/C31H32N2O6/c1-36-23-11-7-21(8-12-23)28-27(30(35)32-17-15-31(16-18-32)38-19-20-39-31)25-5-3-4-6-26(25)29(34)33(28)22-9-13-24(37-2)14-10-22/h3-14,27-28H,15-20H2,1-2H3/t27-,28+/m1/s1. The zero-order valence-electron chi connectivity index (χ0n) is 22.2. The van der Waals surface area contributed by atoms with Gasteiger partial charge >= 0.3 is 0 Å². The van der Waals surface area contributed by atoms with Crippen LogP contribution in [-0.4, -0.2) is 63.0 Å². The number of likely N-dealkylation sites (tertiary alicyclic amines) is 1. The van der Waals surface area contributed by atoms with Crippen LogP contribution in [0.5, 0.6) is 11.5 Å². The number of rotatable bonds is 5. The molecule has 3 aliphatic heterocycles. The number of nitrogens with zero attached hydrogens (tertiary/aromatic N) is 2. The van der Waals surface area contributed by atoms with Crippen molar-refractivity contribution in [2.45, 2.75) is 30.6 Å². The number of ether oxygens (including phenoxy) is 4. The van der Waals surface area contributed by atoms with Gasteiger partial charge in [-0.25, -0.2) is 0 Å². The first-order chi connectivity index (χ1) is 19.0. The number of amides is 2. The molecule has 0 saturated carbocycles. The zero-order valence-corrected chi connectivity index (χ0v) is 22.2. The molecule has 0 N–H and O–H groups in total. The third-order valence-corrected chi connectivity index (χ3v) is 8.06. The van der Waals surface area contributed by atoms with Gasteiger partial charge < -0.3 is 23.8 Å². The topological polar surface area (TPSA) is 77.5 Å². The summed E-state index contributed by atoms with van der Waals surface area (Å²) in [4.78, 5) is 32.2. The van der Waals surface area contributed by atoms with Crippen LogP contribution in [0.1, 0.15) is 46.3 Å². The average Bonchev–Trinajstić information content (AvgIpc) is 3.45. The Kier molecular flexibility index (Phi) is 6.74. The Morgan fingerprint density at radius 3 is 2.05 bits per heavy atom. The highest BCUT2D eigenvalue weighted by Crippen LogP contribution is 2.47. The molecule has 8 heteroatoms. The molecular weight excluding hydrogens is 496 g/mol. The molecule has 8 nitrogen and oxygen atoms in total. The fourth-order valence-corrected chi connectivity index (χ4v) is 6.02. The van der Waals surface area contributed by atoms with Crippen molar-refractivity contribution >= 4 is 17.5 Å². The average molecular weight is 529 g/mol. The van der Waals surface area contributed by atoms with Gasteiger partial charge in [0, 0.05) is 37.2 Å². The largest absolute Gasteiger partial charge is 0.497 e. The van der Waals surface area contributed by atoms with Gasteiger partial charge in [0.2, 0.25) is 5.91 Å². The lowest BCUT2D eigenvalue weighted by atomic mass is 9.78. The normalized spacial score (nSPS) is 22.1. The summed E-state index contributed by atoms with van der Waals surface area (Å²) < 4.78 is 22.5. The lowest BCUT2D eigenvalue weighted by Crippen LogP contribution is -2.52. The molecule has 0 radical (unpaired) electrons. The van der Waals surface area contributed by atoms with Crippen LogP contribution in [-0.2, 0) is 14.3 Å². The number of fused-ring (bicyclic) bond motifs is 1. The Balaban J connectivity index is 1.45. The van der Waals surface area contributed by atoms with Crippen LogP contribution in [0.2, 0.25) is 0 Å². The predicted octanol–water partition coefficient (Wildman–Crippen LogP) is 4.55. The molecule has 2 fully saturated rings. The monoisotopic (exact) mass is 528 g/mol. The van der Waals surface area contributed by atoms with Gasteiger partial charge in [0.25, 0.3) is 5.91 Å². The third kappa shape index (κ3) is 4.53. The summed E-state index contributed by atoms with van der Waals surface area (Å²) in [6.07, 6.45) is 1.25. The summed E-state index contributed by atoms with van der Waals surface area (Å²) in [5.74, 6) is 0.0534. The lowest BCUT2D eigenvalue weighted by molar-refractivity contribution is -0.187. The highest BCUT2D eigenvalue weighted by molar-refractivity contribution is 6.11. The maximum Gasteiger partial charge on any atom is 0.259 e. The van der Waals surface area contributed by atoms with E-state index in [0.717, 1.165) is 11.1 Å². The summed E-state index contributed by atoms with van der Waals surface area (Å²) in [5, 5.41) is 0. The highest BCUT2D eigenvalue weighted by atomic mass is 16.7. The van der Waals surface area contributed by atoms with Crippen molar-refractivity contribution in [3.63, 3.8) is 0 Å². The van der Waals surface area contributed by atoms with E-state index in [1.165, 1.54) is 0 Å². The first-order valence-corrected chi connectivity index (χ1v) is 13.3. The SMILES string of the molecule is COc1ccc([C@H]2[C@H](C(=O)N3CCC4(CC3)OCCO4)c3ccccc3C(=O)N2c2ccc(OC)cc2)cc1. The Morgan fingerprint density at radius 1 is 0.846 bits per heavy atom. The number of benzene rings is 3. The molecule has 0 unspecified atom stereocenters. The van der Waals surface area contributed by atoms with Crippen molar-refractivity contribution in [3.05, 3.63) is 89.5 Å². The van der Waals surface area contributed by atoms with Gasteiger partial charge in [0.05, 0.1) is 39.4 Å². The molecule has 3 aromatic carbocycles. The van der Waals surface area contributed by atoms with Gasteiger partial charge in [-0.2, -0.15) is 0 Å². The minimum absolute atomic E-state index is 0.0119. The number of carbonyl (C=O) groups excluding carboxylic acids is 2. The molecule has 0 bridgehead atoms. The first kappa shape index (κ1) is 25.4. The maximum atomic E-state index is 14.5. The van der Waals surface area contributed by atoms with Crippen molar-refractivity contribution in [2.75, 3.05) is 45.4 Å². The summed E-state index contributed by atoms with van der Waals surface area (Å²) >= 11 is 0. The Morgan fingerprint density at radius 2 is 1.44 bits per heavy atom. The van der Waals surface area contributed by atoms with Crippen molar-refractivity contribution in [2.24, 2.45) is 0 Å². The molecule has 2 atom stereocenters. The number of hydrogen-bond donors (Lipinski definition) is 0. The van der Waals surface area contributed by atoms with Crippen LogP contribution < -0.4 is 14.4 Å². The lowest BCUT2D eigenvalue weighted by Gasteiger charge is -2.45. The van der Waals surface area contributed by atoms with Crippen LogP contribution >= 0.6 is 0 Å². The van der Waals surface area contributed by atoms with Gasteiger partial charge in [0.1, 0.15) is 11.5 Å². The predicted molar refractivity (Wildman–Crippen MR) is 145 cm³/mol. The number of methoxy groups -OCH3 is 2. The van der Waals surface area contributed by atoms with Gasteiger partial charge in [-0.3, -0.25) is 14.5 Å². The molecule has 0 aliphatic carbocycles. The minimum Gasteiger partial charge on any atom is -0.497 e. The van der Waals surface area contributed by atoms with Crippen molar-refractivity contribution in [3.8, 4) is 11.5 Å². The molecule has 2 saturated heterocycles. The van der Waals surface area contributed by atoms with Crippen molar-refractivity contribution < 1.29 is 28.5 Å². The van der Waals surface area contributed by atoms with Gasteiger partial charge in [-0.15, -0.1) is 0 Å². The van der Waals surface area contributed by atoms with E-state index in [-0.39, 0.29) is 11.8 Å². The summed E-state index contributed by atoms with van der Waals surface area (Å²) in [6.45, 7) is 2.23. The fourth-order valence-electron chi connectivity index (χ4n) is 6.02. The molecule has 39 heavy (non-hydrogen) atoms. The molecule has 3 aromatic rings. The quantitative estimate of drug-likeness (QED) is 0.484. The van der Waals surface area contributed by atoms with E-state index in [9.17, 15) is 9.59 Å². The Hall–Kier alpha value is -3.88. The van der Waals surface area contributed by atoms with Crippen LogP contribution in [0.15, 0.2) is 72.8 Å². The van der Waals surface area contributed by atoms with E-state index in [1.807, 2.05) is 77.7 Å². The van der Waals surface area contributed by atoms with E-state index in [2.05, 4.69) is 0 Å². The van der Waals surface area contributed by atoms with Crippen molar-refractivity contribution in [1.82, 2.24) is 4.90 Å². The number of hydrogen-bond acceptors (Lipinski definition) is 6. The molecule has 0 aromatic heterocycles. The van der Waals surface area contributed by atoms with Crippen molar-refractivity contribution in [1.29, 1.82) is 0 Å². The molecule has 3 aliphatic rings. The molecule has 202 valence electrons. The first-order valence-electron chi connectivity index (χ1n) is 13.3. The molecule has 2 amide bonds. The number of piperidine rings is 1. The van der Waals surface area contributed by atoms with E-state index < -0.39 is 17.7 Å². The molecule has 3 heterocycles. The summed E-state index contributed by atoms with van der Waals surface area (Å²) in [7, 11) is 3.23. The summed E-state index contributed by atoms with van der Waals surface area (Å²) in [6, 6.07) is 21.9. The summed E-state index contributed by atoms with van der Waals surface area (Å²) in [5.41, 5.74) is 2.82. The maximum absolute atomic E-state index is 14.5. The molecular formula is C31H32N2O6. The van der Waals surface area contributed by atoms with E-state index >= 15 is 0 Å². The highest BCUT2D eigenvalue weighted by Gasteiger charge is 2.48. The van der Waals surface area contributed by atoms with Crippen LogP contribution in [0.3, 0.4) is 0 Å². The van der Waals surface area contributed by atoms with Gasteiger partial charge in [0.15, 0.2) is 5.79 Å².